The highest BCUT2D eigenvalue weighted by molar-refractivity contribution is 6.04. The Kier molecular flexibility index (Phi) is 4.92. The molecule has 0 aliphatic heterocycles. The summed E-state index contributed by atoms with van der Waals surface area (Å²) in [7, 11) is 1.44. The molecule has 7 heteroatoms. The Morgan fingerprint density at radius 2 is 1.91 bits per heavy atom. The number of primary amides is 1. The van der Waals surface area contributed by atoms with Crippen LogP contribution in [0.4, 0.5) is 5.69 Å². The highest BCUT2D eigenvalue weighted by atomic mass is 16.5. The second kappa shape index (κ2) is 7.07. The number of nitrogens with zero attached hydrogens (tertiary/aromatic N) is 1. The molecule has 7 nitrogen and oxygen atoms in total. The molecule has 22 heavy (non-hydrogen) atoms. The van der Waals surface area contributed by atoms with Gasteiger partial charge in [0.25, 0.3) is 11.8 Å². The third-order valence-corrected chi connectivity index (χ3v) is 2.73. The van der Waals surface area contributed by atoms with E-state index in [2.05, 4.69) is 10.3 Å². The predicted molar refractivity (Wildman–Crippen MR) is 79.9 cm³/mol. The summed E-state index contributed by atoms with van der Waals surface area (Å²) in [4.78, 5) is 26.8. The van der Waals surface area contributed by atoms with Crippen LogP contribution in [0.3, 0.4) is 0 Å². The number of rotatable bonds is 6. The number of amides is 2. The Bertz CT molecular complexity index is 674. The van der Waals surface area contributed by atoms with E-state index in [1.54, 1.807) is 36.7 Å². The van der Waals surface area contributed by atoms with Gasteiger partial charge in [-0.25, -0.2) is 0 Å². The second-order valence-corrected chi connectivity index (χ2v) is 4.31. The van der Waals surface area contributed by atoms with Gasteiger partial charge in [-0.05, 0) is 30.3 Å². The average molecular weight is 301 g/mol. The van der Waals surface area contributed by atoms with Crippen molar-refractivity contribution in [2.75, 3.05) is 19.0 Å². The molecule has 0 fully saturated rings. The predicted octanol–water partition coefficient (Wildman–Crippen LogP) is 1.21. The maximum absolute atomic E-state index is 12.2. The molecule has 0 unspecified atom stereocenters. The van der Waals surface area contributed by atoms with Crippen molar-refractivity contribution < 1.29 is 19.1 Å². The lowest BCUT2D eigenvalue weighted by Crippen LogP contribution is -2.20. The molecule has 1 heterocycles. The van der Waals surface area contributed by atoms with E-state index in [-0.39, 0.29) is 12.5 Å². The van der Waals surface area contributed by atoms with Gasteiger partial charge in [0.1, 0.15) is 0 Å². The fourth-order valence-electron chi connectivity index (χ4n) is 1.72. The molecule has 0 atom stereocenters. The number of hydrogen-bond acceptors (Lipinski definition) is 5. The summed E-state index contributed by atoms with van der Waals surface area (Å²) in [5.74, 6) is -0.224. The maximum Gasteiger partial charge on any atom is 0.255 e. The molecule has 114 valence electrons. The molecule has 1 aromatic carbocycles. The van der Waals surface area contributed by atoms with E-state index >= 15 is 0 Å². The quantitative estimate of drug-likeness (QED) is 0.834. The van der Waals surface area contributed by atoms with Gasteiger partial charge in [-0.2, -0.15) is 0 Å². The number of hydrogen-bond donors (Lipinski definition) is 2. The normalized spacial score (nSPS) is 9.86. The summed E-state index contributed by atoms with van der Waals surface area (Å²) in [5, 5.41) is 2.73. The Morgan fingerprint density at radius 3 is 2.55 bits per heavy atom. The third kappa shape index (κ3) is 3.95. The van der Waals surface area contributed by atoms with E-state index < -0.39 is 5.91 Å². The van der Waals surface area contributed by atoms with E-state index in [9.17, 15) is 9.59 Å². The van der Waals surface area contributed by atoms with Crippen molar-refractivity contribution >= 4 is 17.5 Å². The van der Waals surface area contributed by atoms with Crippen molar-refractivity contribution in [3.05, 3.63) is 48.3 Å². The van der Waals surface area contributed by atoms with Gasteiger partial charge in [-0.3, -0.25) is 14.6 Å². The van der Waals surface area contributed by atoms with Crippen molar-refractivity contribution in [2.45, 2.75) is 0 Å². The van der Waals surface area contributed by atoms with Crippen LogP contribution < -0.4 is 20.5 Å². The summed E-state index contributed by atoms with van der Waals surface area (Å²) in [6.07, 6.45) is 3.16. The monoisotopic (exact) mass is 301 g/mol. The zero-order valence-corrected chi connectivity index (χ0v) is 11.9. The van der Waals surface area contributed by atoms with Crippen LogP contribution in [-0.2, 0) is 4.79 Å². The second-order valence-electron chi connectivity index (χ2n) is 4.31. The molecule has 0 radical (unpaired) electrons. The van der Waals surface area contributed by atoms with Gasteiger partial charge in [0.2, 0.25) is 0 Å². The van der Waals surface area contributed by atoms with Crippen LogP contribution in [0.25, 0.3) is 0 Å². The van der Waals surface area contributed by atoms with Crippen LogP contribution in [-0.4, -0.2) is 30.5 Å². The Labute approximate surface area is 127 Å². The van der Waals surface area contributed by atoms with Crippen molar-refractivity contribution in [3.63, 3.8) is 0 Å². The zero-order valence-electron chi connectivity index (χ0n) is 11.9. The number of nitrogens with one attached hydrogen (secondary N) is 1. The number of nitrogens with two attached hydrogens (primary N) is 1. The van der Waals surface area contributed by atoms with Crippen LogP contribution in [0, 0.1) is 0 Å². The summed E-state index contributed by atoms with van der Waals surface area (Å²) < 4.78 is 10.4. The molecule has 0 aliphatic carbocycles. The lowest BCUT2D eigenvalue weighted by molar-refractivity contribution is -0.119. The number of benzene rings is 1. The van der Waals surface area contributed by atoms with Crippen LogP contribution >= 0.6 is 0 Å². The molecule has 0 saturated heterocycles. The summed E-state index contributed by atoms with van der Waals surface area (Å²) in [5.41, 5.74) is 6.04. The van der Waals surface area contributed by atoms with Crippen molar-refractivity contribution in [2.24, 2.45) is 5.73 Å². The van der Waals surface area contributed by atoms with Crippen molar-refractivity contribution in [1.82, 2.24) is 4.98 Å². The lowest BCUT2D eigenvalue weighted by atomic mass is 10.2. The first-order chi connectivity index (χ1) is 10.6. The van der Waals surface area contributed by atoms with Gasteiger partial charge in [-0.15, -0.1) is 0 Å². The molecular formula is C15H15N3O4. The van der Waals surface area contributed by atoms with Crippen LogP contribution in [0.1, 0.15) is 10.4 Å². The van der Waals surface area contributed by atoms with Gasteiger partial charge < -0.3 is 20.5 Å². The van der Waals surface area contributed by atoms with Gasteiger partial charge >= 0.3 is 0 Å². The van der Waals surface area contributed by atoms with Crippen molar-refractivity contribution in [1.29, 1.82) is 0 Å². The number of aromatic nitrogens is 1. The largest absolute Gasteiger partial charge is 0.493 e. The molecular weight excluding hydrogens is 286 g/mol. The van der Waals surface area contributed by atoms with Crippen molar-refractivity contribution in [3.8, 4) is 11.5 Å². The SMILES string of the molecule is COc1cc(C(=O)Nc2ccncc2)ccc1OCC(N)=O. The molecule has 2 amide bonds. The fraction of sp³-hybridized carbons (Fsp3) is 0.133. The molecule has 0 aliphatic rings. The molecule has 3 N–H and O–H groups in total. The highest BCUT2D eigenvalue weighted by Crippen LogP contribution is 2.28. The van der Waals surface area contributed by atoms with E-state index in [0.29, 0.717) is 22.7 Å². The molecule has 0 bridgehead atoms. The minimum Gasteiger partial charge on any atom is -0.493 e. The van der Waals surface area contributed by atoms with Gasteiger partial charge in [0.05, 0.1) is 7.11 Å². The van der Waals surface area contributed by atoms with Crippen LogP contribution in [0.5, 0.6) is 11.5 Å². The summed E-state index contributed by atoms with van der Waals surface area (Å²) in [6, 6.07) is 7.99. The van der Waals surface area contributed by atoms with Crippen LogP contribution in [0.2, 0.25) is 0 Å². The smallest absolute Gasteiger partial charge is 0.255 e. The molecule has 1 aromatic heterocycles. The standard InChI is InChI=1S/C15H15N3O4/c1-21-13-8-10(2-3-12(13)22-9-14(16)19)15(20)18-11-4-6-17-7-5-11/h2-8H,9H2,1H3,(H2,16,19)(H,17,18,20). The number of carbonyl (C=O) groups is 2. The Balaban J connectivity index is 2.14. The minimum atomic E-state index is -0.596. The fourth-order valence-corrected chi connectivity index (χ4v) is 1.72. The van der Waals surface area contributed by atoms with Gasteiger partial charge in [0.15, 0.2) is 18.1 Å². The number of methoxy groups -OCH3 is 1. The number of ether oxygens (including phenoxy) is 2. The minimum absolute atomic E-state index is 0.265. The van der Waals surface area contributed by atoms with E-state index in [1.165, 1.54) is 13.2 Å². The van der Waals surface area contributed by atoms with Gasteiger partial charge in [-0.1, -0.05) is 0 Å². The van der Waals surface area contributed by atoms with E-state index in [0.717, 1.165) is 0 Å². The summed E-state index contributed by atoms with van der Waals surface area (Å²) in [6.45, 7) is -0.265. The molecule has 2 rings (SSSR count). The van der Waals surface area contributed by atoms with E-state index in [4.69, 9.17) is 15.2 Å². The van der Waals surface area contributed by atoms with Crippen LogP contribution in [0.15, 0.2) is 42.7 Å². The topological polar surface area (TPSA) is 104 Å². The molecule has 0 spiro atoms. The van der Waals surface area contributed by atoms with Gasteiger partial charge in [0, 0.05) is 23.6 Å². The molecule has 0 saturated carbocycles. The average Bonchev–Trinajstić information content (AvgIpc) is 2.53. The first kappa shape index (κ1) is 15.3. The molecule has 2 aromatic rings. The first-order valence-corrected chi connectivity index (χ1v) is 6.40. The Hall–Kier alpha value is -3.09. The first-order valence-electron chi connectivity index (χ1n) is 6.40. The number of anilines is 1. The Morgan fingerprint density at radius 1 is 1.18 bits per heavy atom. The summed E-state index contributed by atoms with van der Waals surface area (Å²) >= 11 is 0. The number of pyridine rings is 1. The zero-order chi connectivity index (χ0) is 15.9. The lowest BCUT2D eigenvalue weighted by Gasteiger charge is -2.11. The third-order valence-electron chi connectivity index (χ3n) is 2.73. The van der Waals surface area contributed by atoms with E-state index in [1.807, 2.05) is 0 Å². The number of carbonyl (C=O) groups excluding carboxylic acids is 2. The maximum atomic E-state index is 12.2. The highest BCUT2D eigenvalue weighted by Gasteiger charge is 2.12.